The van der Waals surface area contributed by atoms with Crippen molar-refractivity contribution in [2.75, 3.05) is 6.54 Å². The summed E-state index contributed by atoms with van der Waals surface area (Å²) in [7, 11) is 0. The number of benzene rings is 2. The Balaban J connectivity index is 1.62. The van der Waals surface area contributed by atoms with Crippen LogP contribution in [0.15, 0.2) is 48.5 Å². The average molecular weight is 467 g/mol. The molecular weight excluding hydrogens is 424 g/mol. The third-order valence-corrected chi connectivity index (χ3v) is 5.82. The summed E-state index contributed by atoms with van der Waals surface area (Å²) >= 11 is 0. The Bertz CT molecular complexity index is 866. The van der Waals surface area contributed by atoms with Gasteiger partial charge in [-0.2, -0.15) is 0 Å². The first-order valence-electron chi connectivity index (χ1n) is 12.9. The van der Waals surface area contributed by atoms with Crippen molar-refractivity contribution in [3.05, 3.63) is 65.2 Å². The summed E-state index contributed by atoms with van der Waals surface area (Å²) in [5, 5.41) is 6.44. The summed E-state index contributed by atoms with van der Waals surface area (Å²) in [5.41, 5.74) is 2.79. The SMILES string of the molecule is CCCCCCCCCCCCNC(=O)c1cccc(CNCc2cccc(OC(C)=O)c2)c1. The highest BCUT2D eigenvalue weighted by Gasteiger charge is 2.06. The maximum absolute atomic E-state index is 12.5. The fraction of sp³-hybridized carbons (Fsp3) is 0.517. The molecule has 0 aliphatic carbocycles. The lowest BCUT2D eigenvalue weighted by Crippen LogP contribution is -2.24. The van der Waals surface area contributed by atoms with E-state index in [1.807, 2.05) is 42.5 Å². The largest absolute Gasteiger partial charge is 0.427 e. The number of amides is 1. The van der Waals surface area contributed by atoms with E-state index in [0.717, 1.165) is 24.1 Å². The van der Waals surface area contributed by atoms with Gasteiger partial charge in [0, 0.05) is 32.1 Å². The van der Waals surface area contributed by atoms with Crippen molar-refractivity contribution in [2.45, 2.75) is 91.1 Å². The number of unbranched alkanes of at least 4 members (excludes halogenated alkanes) is 9. The number of esters is 1. The molecule has 34 heavy (non-hydrogen) atoms. The van der Waals surface area contributed by atoms with Gasteiger partial charge < -0.3 is 15.4 Å². The zero-order valence-corrected chi connectivity index (χ0v) is 21.0. The Morgan fingerprint density at radius 2 is 1.35 bits per heavy atom. The summed E-state index contributed by atoms with van der Waals surface area (Å²) in [6.07, 6.45) is 12.9. The molecule has 2 rings (SSSR count). The molecule has 0 aromatic heterocycles. The zero-order chi connectivity index (χ0) is 24.4. The van der Waals surface area contributed by atoms with E-state index in [9.17, 15) is 9.59 Å². The van der Waals surface area contributed by atoms with Gasteiger partial charge in [-0.3, -0.25) is 9.59 Å². The number of carbonyl (C=O) groups excluding carboxylic acids is 2. The van der Waals surface area contributed by atoms with Crippen molar-refractivity contribution in [3.8, 4) is 5.75 Å². The third kappa shape index (κ3) is 12.0. The first-order valence-corrected chi connectivity index (χ1v) is 12.9. The Kier molecular flexibility index (Phi) is 13.7. The Morgan fingerprint density at radius 1 is 0.765 bits per heavy atom. The van der Waals surface area contributed by atoms with Crippen LogP contribution in [0.5, 0.6) is 5.75 Å². The van der Waals surface area contributed by atoms with E-state index in [2.05, 4.69) is 17.6 Å². The second-order valence-electron chi connectivity index (χ2n) is 8.98. The van der Waals surface area contributed by atoms with Gasteiger partial charge >= 0.3 is 5.97 Å². The Morgan fingerprint density at radius 3 is 2.00 bits per heavy atom. The summed E-state index contributed by atoms with van der Waals surface area (Å²) in [6, 6.07) is 15.2. The lowest BCUT2D eigenvalue weighted by atomic mass is 10.1. The van der Waals surface area contributed by atoms with Gasteiger partial charge in [-0.1, -0.05) is 89.0 Å². The number of hydrogen-bond donors (Lipinski definition) is 2. The Labute approximate surface area is 205 Å². The maximum Gasteiger partial charge on any atom is 0.308 e. The van der Waals surface area contributed by atoms with Gasteiger partial charge in [0.25, 0.3) is 5.91 Å². The van der Waals surface area contributed by atoms with Gasteiger partial charge in [-0.05, 0) is 41.8 Å². The highest BCUT2D eigenvalue weighted by Crippen LogP contribution is 2.14. The Hall–Kier alpha value is -2.66. The zero-order valence-electron chi connectivity index (χ0n) is 21.0. The highest BCUT2D eigenvalue weighted by molar-refractivity contribution is 5.94. The molecule has 5 heteroatoms. The smallest absolute Gasteiger partial charge is 0.308 e. The van der Waals surface area contributed by atoms with Crippen LogP contribution in [0.4, 0.5) is 0 Å². The highest BCUT2D eigenvalue weighted by atomic mass is 16.5. The number of nitrogens with one attached hydrogen (secondary N) is 2. The van der Waals surface area contributed by atoms with Crippen LogP contribution in [-0.2, 0) is 17.9 Å². The third-order valence-electron chi connectivity index (χ3n) is 5.82. The molecule has 0 heterocycles. The molecule has 2 aromatic rings. The lowest BCUT2D eigenvalue weighted by Gasteiger charge is -2.09. The number of rotatable bonds is 17. The molecule has 0 atom stereocenters. The molecule has 0 spiro atoms. The van der Waals surface area contributed by atoms with Crippen molar-refractivity contribution >= 4 is 11.9 Å². The maximum atomic E-state index is 12.5. The van der Waals surface area contributed by atoms with E-state index in [1.54, 1.807) is 6.07 Å². The van der Waals surface area contributed by atoms with Crippen LogP contribution in [0.1, 0.15) is 99.5 Å². The number of carbonyl (C=O) groups is 2. The topological polar surface area (TPSA) is 67.4 Å². The van der Waals surface area contributed by atoms with Crippen molar-refractivity contribution in [1.29, 1.82) is 0 Å². The fourth-order valence-corrected chi connectivity index (χ4v) is 3.98. The van der Waals surface area contributed by atoms with Crippen LogP contribution in [0.3, 0.4) is 0 Å². The van der Waals surface area contributed by atoms with Crippen molar-refractivity contribution in [2.24, 2.45) is 0 Å². The summed E-state index contributed by atoms with van der Waals surface area (Å²) in [5.74, 6) is 0.216. The van der Waals surface area contributed by atoms with Gasteiger partial charge in [0.2, 0.25) is 0 Å². The molecule has 186 valence electrons. The number of hydrogen-bond acceptors (Lipinski definition) is 4. The van der Waals surface area contributed by atoms with Crippen LogP contribution in [0.25, 0.3) is 0 Å². The fourth-order valence-electron chi connectivity index (χ4n) is 3.98. The van der Waals surface area contributed by atoms with E-state index in [0.29, 0.717) is 24.4 Å². The van der Waals surface area contributed by atoms with Crippen molar-refractivity contribution in [3.63, 3.8) is 0 Å². The first kappa shape index (κ1) is 27.6. The first-order chi connectivity index (χ1) is 16.6. The molecule has 0 bridgehead atoms. The molecule has 2 aromatic carbocycles. The minimum absolute atomic E-state index is 0.00754. The second-order valence-corrected chi connectivity index (χ2v) is 8.98. The van der Waals surface area contributed by atoms with Crippen LogP contribution in [0.2, 0.25) is 0 Å². The molecule has 0 radical (unpaired) electrons. The predicted molar refractivity (Wildman–Crippen MR) is 139 cm³/mol. The van der Waals surface area contributed by atoms with Crippen molar-refractivity contribution in [1.82, 2.24) is 10.6 Å². The van der Waals surface area contributed by atoms with Crippen LogP contribution >= 0.6 is 0 Å². The molecule has 0 saturated heterocycles. The molecule has 5 nitrogen and oxygen atoms in total. The summed E-state index contributed by atoms with van der Waals surface area (Å²) in [6.45, 7) is 5.68. The molecule has 2 N–H and O–H groups in total. The molecule has 0 aliphatic heterocycles. The molecule has 0 unspecified atom stereocenters. The van der Waals surface area contributed by atoms with Crippen molar-refractivity contribution < 1.29 is 14.3 Å². The quantitative estimate of drug-likeness (QED) is 0.158. The van der Waals surface area contributed by atoms with E-state index >= 15 is 0 Å². The molecular formula is C29H42N2O3. The standard InChI is InChI=1S/C29H42N2O3/c1-3-4-5-6-7-8-9-10-11-12-19-31-29(33)27-17-13-15-25(20-27)22-30-23-26-16-14-18-28(21-26)34-24(2)32/h13-18,20-21,30H,3-12,19,22-23H2,1-2H3,(H,31,33). The lowest BCUT2D eigenvalue weighted by molar-refractivity contribution is -0.131. The van der Waals surface area contributed by atoms with Gasteiger partial charge in [0.15, 0.2) is 0 Å². The average Bonchev–Trinajstić information content (AvgIpc) is 2.82. The predicted octanol–water partition coefficient (Wildman–Crippen LogP) is 6.55. The van der Waals surface area contributed by atoms with Gasteiger partial charge in [-0.25, -0.2) is 0 Å². The molecule has 0 saturated carbocycles. The molecule has 0 aliphatic rings. The van der Waals surface area contributed by atoms with Gasteiger partial charge in [0.05, 0.1) is 0 Å². The van der Waals surface area contributed by atoms with Crippen LogP contribution in [0, 0.1) is 0 Å². The van der Waals surface area contributed by atoms with Gasteiger partial charge in [-0.15, -0.1) is 0 Å². The minimum atomic E-state index is -0.326. The normalized spacial score (nSPS) is 10.8. The summed E-state index contributed by atoms with van der Waals surface area (Å²) in [4.78, 5) is 23.6. The van der Waals surface area contributed by atoms with E-state index in [1.165, 1.54) is 64.7 Å². The minimum Gasteiger partial charge on any atom is -0.427 e. The summed E-state index contributed by atoms with van der Waals surface area (Å²) < 4.78 is 5.13. The van der Waals surface area contributed by atoms with Gasteiger partial charge in [0.1, 0.15) is 5.75 Å². The molecule has 0 fully saturated rings. The van der Waals surface area contributed by atoms with E-state index < -0.39 is 0 Å². The van der Waals surface area contributed by atoms with E-state index in [-0.39, 0.29) is 11.9 Å². The molecule has 1 amide bonds. The van der Waals surface area contributed by atoms with Crippen LogP contribution < -0.4 is 15.4 Å². The van der Waals surface area contributed by atoms with E-state index in [4.69, 9.17) is 4.74 Å². The van der Waals surface area contributed by atoms with Crippen LogP contribution in [-0.4, -0.2) is 18.4 Å². The number of ether oxygens (including phenoxy) is 1. The monoisotopic (exact) mass is 466 g/mol. The second kappa shape index (κ2) is 16.9.